The van der Waals surface area contributed by atoms with Crippen molar-refractivity contribution in [2.75, 3.05) is 0 Å². The predicted octanol–water partition coefficient (Wildman–Crippen LogP) is 14.0. The van der Waals surface area contributed by atoms with Crippen molar-refractivity contribution in [1.29, 1.82) is 0 Å². The van der Waals surface area contributed by atoms with Crippen LogP contribution in [0.3, 0.4) is 0 Å². The van der Waals surface area contributed by atoms with Gasteiger partial charge in [0.05, 0.1) is 0 Å². The molecular weight excluding hydrogens is 723 g/mol. The number of nitrogens with zero attached hydrogens (tertiary/aromatic N) is 2. The molecule has 9 aromatic carbocycles. The number of hydrogen-bond acceptors (Lipinski definition) is 1. The van der Waals surface area contributed by atoms with E-state index in [2.05, 4.69) is 224 Å². The number of aromatic nitrogens is 2. The van der Waals surface area contributed by atoms with Crippen molar-refractivity contribution in [3.05, 3.63) is 234 Å². The van der Waals surface area contributed by atoms with Crippen LogP contribution in [0, 0.1) is 0 Å². The van der Waals surface area contributed by atoms with E-state index in [1.807, 2.05) is 0 Å². The summed E-state index contributed by atoms with van der Waals surface area (Å²) in [5.74, 6) is 0. The summed E-state index contributed by atoms with van der Waals surface area (Å²) >= 11 is 0. The Morgan fingerprint density at radius 3 is 1.68 bits per heavy atom. The van der Waals surface area contributed by atoms with Crippen molar-refractivity contribution in [3.63, 3.8) is 0 Å². The van der Waals surface area contributed by atoms with Crippen molar-refractivity contribution < 1.29 is 0 Å². The monoisotopic (exact) mass is 758 g/mol. The Labute approximate surface area is 348 Å². The first-order valence-electron chi connectivity index (χ1n) is 20.8. The molecule has 0 N–H and O–H groups in total. The van der Waals surface area contributed by atoms with Crippen LogP contribution in [0.1, 0.15) is 22.1 Å². The third-order valence-corrected chi connectivity index (χ3v) is 13.2. The number of rotatable bonds is 4. The van der Waals surface area contributed by atoms with Crippen LogP contribution in [0.15, 0.2) is 212 Å². The second-order valence-corrected chi connectivity index (χ2v) is 16.2. The van der Waals surface area contributed by atoms with Gasteiger partial charge in [-0.15, -0.1) is 0 Å². The fourth-order valence-corrected chi connectivity index (χ4v) is 10.7. The number of para-hydroxylation sites is 2. The molecule has 13 rings (SSSR count). The van der Waals surface area contributed by atoms with Crippen molar-refractivity contribution in [2.24, 2.45) is 0 Å². The molecule has 0 fully saturated rings. The van der Waals surface area contributed by atoms with Crippen LogP contribution in [-0.2, 0) is 5.41 Å². The fourth-order valence-electron chi connectivity index (χ4n) is 10.7. The minimum absolute atomic E-state index is 0.553. The zero-order chi connectivity index (χ0) is 39.4. The van der Waals surface area contributed by atoms with Gasteiger partial charge in [-0.1, -0.05) is 36.4 Å². The zero-order valence-electron chi connectivity index (χ0n) is 32.7. The van der Waals surface area contributed by atoms with Gasteiger partial charge in [0.1, 0.15) is 0 Å². The Bertz CT molecular complexity index is 3440. The summed E-state index contributed by atoms with van der Waals surface area (Å²) in [7, 11) is 0. The first kappa shape index (κ1) is 33.4. The Balaban J connectivity index is 1.08. The second-order valence-electron chi connectivity index (χ2n) is 16.2. The summed E-state index contributed by atoms with van der Waals surface area (Å²) in [4.78, 5) is 5.66. The molecule has 0 saturated carbocycles. The van der Waals surface area contributed by atoms with Gasteiger partial charge < -0.3 is 0 Å². The maximum atomic E-state index is 5.66. The van der Waals surface area contributed by atoms with Gasteiger partial charge in [-0.05, 0) is 0 Å². The number of hydrogen-bond donors (Lipinski definition) is 0. The molecule has 3 heteroatoms. The Morgan fingerprint density at radius 2 is 0.967 bits per heavy atom. The summed E-state index contributed by atoms with van der Waals surface area (Å²) in [6, 6.07) is 77.9. The summed E-state index contributed by atoms with van der Waals surface area (Å²) < 4.78 is 2.39. The molecule has 2 aliphatic carbocycles. The van der Waals surface area contributed by atoms with E-state index in [-0.39, 0.29) is 0 Å². The molecular formula is C57H35BN2. The molecule has 2 nitrogen and oxygen atoms in total. The molecule has 11 aromatic rings. The van der Waals surface area contributed by atoms with Gasteiger partial charge >= 0.3 is 314 Å². The van der Waals surface area contributed by atoms with Crippen molar-refractivity contribution >= 4 is 39.5 Å². The van der Waals surface area contributed by atoms with Gasteiger partial charge in [0, 0.05) is 0 Å². The van der Waals surface area contributed by atoms with Crippen LogP contribution in [-0.4, -0.2) is 16.5 Å². The number of fused-ring (bicyclic) bond motifs is 14. The third-order valence-electron chi connectivity index (χ3n) is 13.2. The quantitative estimate of drug-likeness (QED) is 0.175. The summed E-state index contributed by atoms with van der Waals surface area (Å²) in [5.41, 5.74) is 19.9. The SMILES string of the molecule is b1c(-c2ccccc2)nc(-c2cccc3ccccc23)c2c1C1(c3ccccc3-c3ccccc31)c1cc(-c3ccc(-n4c5ccccc5c5ccccc54)cc3)ccc1-2. The first-order valence-corrected chi connectivity index (χ1v) is 20.8. The van der Waals surface area contributed by atoms with Crippen LogP contribution >= 0.6 is 0 Å². The molecule has 2 aromatic heterocycles. The van der Waals surface area contributed by atoms with Crippen molar-refractivity contribution in [1.82, 2.24) is 9.55 Å². The molecule has 0 amide bonds. The van der Waals surface area contributed by atoms with E-state index in [0.717, 1.165) is 28.1 Å². The zero-order valence-corrected chi connectivity index (χ0v) is 32.7. The molecule has 0 bridgehead atoms. The van der Waals surface area contributed by atoms with E-state index in [1.165, 1.54) is 88.1 Å². The molecule has 2 aliphatic rings. The minimum atomic E-state index is -0.553. The summed E-state index contributed by atoms with van der Waals surface area (Å²) in [5, 5.41) is 4.95. The van der Waals surface area contributed by atoms with Gasteiger partial charge in [-0.3, -0.25) is 0 Å². The number of benzene rings is 9. The normalized spacial score (nSPS) is 13.1. The van der Waals surface area contributed by atoms with Gasteiger partial charge in [0.2, 0.25) is 0 Å². The van der Waals surface area contributed by atoms with Gasteiger partial charge in [0.15, 0.2) is 0 Å². The molecule has 0 saturated heterocycles. The van der Waals surface area contributed by atoms with Gasteiger partial charge in [0.25, 0.3) is 0 Å². The van der Waals surface area contributed by atoms with Crippen LogP contribution in [0.25, 0.3) is 94.1 Å². The summed E-state index contributed by atoms with van der Waals surface area (Å²) in [6.45, 7) is 2.40. The van der Waals surface area contributed by atoms with E-state index >= 15 is 0 Å². The first-order chi connectivity index (χ1) is 29.8. The van der Waals surface area contributed by atoms with E-state index in [1.54, 1.807) is 0 Å². The Kier molecular flexibility index (Phi) is 7.06. The van der Waals surface area contributed by atoms with E-state index < -0.39 is 5.41 Å². The maximum absolute atomic E-state index is 5.66. The third kappa shape index (κ3) is 4.55. The topological polar surface area (TPSA) is 17.8 Å². The second kappa shape index (κ2) is 12.7. The molecule has 0 atom stereocenters. The molecule has 276 valence electrons. The van der Waals surface area contributed by atoms with E-state index in [9.17, 15) is 0 Å². The Hall–Kier alpha value is -7.62. The molecule has 1 spiro atoms. The summed E-state index contributed by atoms with van der Waals surface area (Å²) in [6.07, 6.45) is 0. The van der Waals surface area contributed by atoms with Gasteiger partial charge in [-0.2, -0.15) is 0 Å². The predicted molar refractivity (Wildman–Crippen MR) is 250 cm³/mol. The van der Waals surface area contributed by atoms with Crippen molar-refractivity contribution in [3.8, 4) is 61.5 Å². The van der Waals surface area contributed by atoms with Gasteiger partial charge in [-0.25, -0.2) is 0 Å². The molecule has 0 aliphatic heterocycles. The standard InChI is InChI=1S/C57H35BN2/c1-2-16-38(17-3-1)56-58-55-53(54(59-56)46-24-14-18-37-15-4-5-19-41(37)46)47-34-31-39(35-50(47)57(55)48-25-10-6-20-42(48)43-21-7-11-26-49(43)57)36-29-32-40(33-30-36)60-51-27-12-8-22-44(51)45-23-9-13-28-52(45)60/h1-35H. The van der Waals surface area contributed by atoms with Crippen molar-refractivity contribution in [2.45, 2.75) is 5.41 Å². The average molecular weight is 759 g/mol. The van der Waals surface area contributed by atoms with E-state index in [4.69, 9.17) is 4.98 Å². The fraction of sp³-hybridized carbons (Fsp3) is 0.0175. The molecule has 0 unspecified atom stereocenters. The Morgan fingerprint density at radius 1 is 0.400 bits per heavy atom. The van der Waals surface area contributed by atoms with Crippen LogP contribution in [0.4, 0.5) is 0 Å². The average Bonchev–Trinajstić information content (AvgIpc) is 3.93. The molecule has 2 heterocycles. The molecule has 60 heavy (non-hydrogen) atoms. The van der Waals surface area contributed by atoms with Crippen LogP contribution in [0.2, 0.25) is 0 Å². The molecule has 0 radical (unpaired) electrons. The van der Waals surface area contributed by atoms with E-state index in [0.29, 0.717) is 0 Å². The van der Waals surface area contributed by atoms with Crippen LogP contribution < -0.4 is 0 Å². The van der Waals surface area contributed by atoms with Crippen LogP contribution in [0.5, 0.6) is 0 Å².